The van der Waals surface area contributed by atoms with Crippen LogP contribution < -0.4 is 5.32 Å². The number of rotatable bonds is 7. The van der Waals surface area contributed by atoms with Gasteiger partial charge in [0.2, 0.25) is 17.7 Å². The summed E-state index contributed by atoms with van der Waals surface area (Å²) in [5.41, 5.74) is 4.65. The zero-order valence-electron chi connectivity index (χ0n) is 27.6. The fourth-order valence-corrected chi connectivity index (χ4v) is 6.40. The zero-order valence-corrected chi connectivity index (χ0v) is 27.6. The molecule has 8 heteroatoms. The van der Waals surface area contributed by atoms with Crippen molar-refractivity contribution in [3.8, 4) is 0 Å². The molecule has 0 spiro atoms. The summed E-state index contributed by atoms with van der Waals surface area (Å²) in [6.45, 7) is 21.0. The molecule has 2 aliphatic heterocycles. The number of fused-ring (bicyclic) bond motifs is 1. The molecule has 2 unspecified atom stereocenters. The molecule has 2 aromatic rings. The lowest BCUT2D eigenvalue weighted by atomic mass is 9.85. The molecule has 0 radical (unpaired) electrons. The number of hydrogen-bond donors (Lipinski definition) is 1. The van der Waals surface area contributed by atoms with Crippen molar-refractivity contribution in [3.63, 3.8) is 0 Å². The van der Waals surface area contributed by atoms with E-state index in [9.17, 15) is 14.4 Å². The van der Waals surface area contributed by atoms with Gasteiger partial charge >= 0.3 is 0 Å². The van der Waals surface area contributed by atoms with Crippen molar-refractivity contribution in [2.45, 2.75) is 72.0 Å². The van der Waals surface area contributed by atoms with Gasteiger partial charge in [0.15, 0.2) is 0 Å². The van der Waals surface area contributed by atoms with Crippen molar-refractivity contribution in [1.29, 1.82) is 0 Å². The molecule has 45 heavy (non-hydrogen) atoms. The van der Waals surface area contributed by atoms with Crippen LogP contribution in [-0.2, 0) is 32.0 Å². The molecule has 3 heterocycles. The highest BCUT2D eigenvalue weighted by Crippen LogP contribution is 2.37. The number of carbonyl (C=O) groups excluding carboxylic acids is 3. The first-order chi connectivity index (χ1) is 21.7. The Morgan fingerprint density at radius 1 is 1.09 bits per heavy atom. The highest BCUT2D eigenvalue weighted by atomic mass is 16.5. The Hall–Kier alpha value is -4.04. The molecular formula is C37H50N4O4. The maximum Gasteiger partial charge on any atom is 0.250 e. The van der Waals surface area contributed by atoms with Gasteiger partial charge in [0.1, 0.15) is 18.1 Å². The lowest BCUT2D eigenvalue weighted by Gasteiger charge is -2.47. The van der Waals surface area contributed by atoms with Crippen LogP contribution in [0.3, 0.4) is 0 Å². The summed E-state index contributed by atoms with van der Waals surface area (Å²) >= 11 is 0. The molecule has 1 N–H and O–H groups in total. The van der Waals surface area contributed by atoms with E-state index >= 15 is 0 Å². The van der Waals surface area contributed by atoms with Crippen LogP contribution in [0.15, 0.2) is 74.4 Å². The van der Waals surface area contributed by atoms with Crippen LogP contribution in [0, 0.1) is 25.7 Å². The minimum atomic E-state index is -0.926. The van der Waals surface area contributed by atoms with Crippen LogP contribution in [0.2, 0.25) is 0 Å². The minimum Gasteiger partial charge on any atom is -0.378 e. The van der Waals surface area contributed by atoms with Crippen LogP contribution in [-0.4, -0.2) is 70.9 Å². The third-order valence-electron chi connectivity index (χ3n) is 8.85. The van der Waals surface area contributed by atoms with Crippen LogP contribution in [0.25, 0.3) is 0 Å². The lowest BCUT2D eigenvalue weighted by Crippen LogP contribution is -2.68. The normalized spacial score (nSPS) is 21.1. The number of hydrogen-bond acceptors (Lipinski definition) is 5. The first kappa shape index (κ1) is 35.4. The van der Waals surface area contributed by atoms with Crippen LogP contribution in [0.1, 0.15) is 61.3 Å². The molecular weight excluding hydrogens is 564 g/mol. The highest BCUT2D eigenvalue weighted by Gasteiger charge is 2.51. The van der Waals surface area contributed by atoms with E-state index in [0.717, 1.165) is 18.5 Å². The second-order valence-corrected chi connectivity index (χ2v) is 11.7. The third kappa shape index (κ3) is 8.17. The topological polar surface area (TPSA) is 91.8 Å². The third-order valence-corrected chi connectivity index (χ3v) is 8.85. The van der Waals surface area contributed by atoms with E-state index in [0.29, 0.717) is 44.0 Å². The minimum absolute atomic E-state index is 0.0550. The molecule has 2 fully saturated rings. The number of aryl methyl sites for hydroxylation is 2. The largest absolute Gasteiger partial charge is 0.378 e. The molecule has 8 nitrogen and oxygen atoms in total. The SMILES string of the molecule is C=C.C=C/C=C\C.CCC(C)C1C(=O)N[C@H](C2Cc3ccccc3C2)C(=O)N1[C@@H](C(=O)N1CCOCC1)c1ccc(C)nc1C. The number of nitrogens with one attached hydrogen (secondary N) is 1. The Balaban J connectivity index is 0.000000719. The number of ether oxygens (including phenoxy) is 1. The number of nitrogens with zero attached hydrogens (tertiary/aromatic N) is 3. The van der Waals surface area contributed by atoms with Crippen LogP contribution in [0.4, 0.5) is 0 Å². The molecule has 1 aromatic carbocycles. The van der Waals surface area contributed by atoms with Gasteiger partial charge in [0, 0.05) is 30.0 Å². The monoisotopic (exact) mass is 614 g/mol. The summed E-state index contributed by atoms with van der Waals surface area (Å²) in [7, 11) is 0. The van der Waals surface area contributed by atoms with E-state index < -0.39 is 18.1 Å². The molecule has 2 saturated heterocycles. The summed E-state index contributed by atoms with van der Waals surface area (Å²) in [5.74, 6) is -0.719. The summed E-state index contributed by atoms with van der Waals surface area (Å²) in [5, 5.41) is 3.10. The number of pyridine rings is 1. The average Bonchev–Trinajstić information content (AvgIpc) is 3.49. The summed E-state index contributed by atoms with van der Waals surface area (Å²) < 4.78 is 5.50. The van der Waals surface area contributed by atoms with E-state index in [1.54, 1.807) is 15.9 Å². The standard InChI is InChI=1S/C30H38N4O4.C5H8.C2H4/c1-5-18(2)26-28(35)32-25(23-16-21-8-6-7-9-22(21)17-23)29(36)34(26)27(24-11-10-19(3)31-20(24)4)30(37)33-12-14-38-15-13-33;1-3-5-4-2;1-2/h6-11,18,23,25-27H,5,12-17H2,1-4H3,(H,32,35);3-5H,1H2,2H3;1-2H2/b;5-4-;/t18?,25-,26?,27-;;/m1../s1. The van der Waals surface area contributed by atoms with Gasteiger partial charge in [-0.1, -0.05) is 75.4 Å². The summed E-state index contributed by atoms with van der Waals surface area (Å²) in [6, 6.07) is 9.62. The maximum atomic E-state index is 14.5. The van der Waals surface area contributed by atoms with Crippen molar-refractivity contribution in [1.82, 2.24) is 20.1 Å². The second kappa shape index (κ2) is 16.9. The Labute approximate surface area is 269 Å². The molecule has 4 atom stereocenters. The summed E-state index contributed by atoms with van der Waals surface area (Å²) in [4.78, 5) is 50.6. The molecule has 5 rings (SSSR count). The smallest absolute Gasteiger partial charge is 0.250 e. The van der Waals surface area contributed by atoms with Gasteiger partial charge in [-0.15, -0.1) is 13.2 Å². The number of carbonyl (C=O) groups is 3. The Bertz CT molecular complexity index is 1340. The van der Waals surface area contributed by atoms with E-state index in [1.807, 2.05) is 71.0 Å². The van der Waals surface area contributed by atoms with Gasteiger partial charge in [-0.05, 0) is 62.6 Å². The van der Waals surface area contributed by atoms with Crippen molar-refractivity contribution in [2.24, 2.45) is 11.8 Å². The average molecular weight is 615 g/mol. The van der Waals surface area contributed by atoms with Crippen LogP contribution in [0.5, 0.6) is 0 Å². The van der Waals surface area contributed by atoms with Gasteiger partial charge in [-0.3, -0.25) is 19.4 Å². The number of amides is 3. The number of piperazine rings is 1. The Morgan fingerprint density at radius 3 is 2.22 bits per heavy atom. The van der Waals surface area contributed by atoms with Gasteiger partial charge in [0.05, 0.1) is 13.2 Å². The number of morpholine rings is 1. The van der Waals surface area contributed by atoms with Crippen molar-refractivity contribution in [2.75, 3.05) is 26.3 Å². The lowest BCUT2D eigenvalue weighted by molar-refractivity contribution is -0.163. The van der Waals surface area contributed by atoms with Crippen molar-refractivity contribution < 1.29 is 19.1 Å². The number of aromatic nitrogens is 1. The molecule has 0 saturated carbocycles. The highest BCUT2D eigenvalue weighted by molar-refractivity contribution is 6.00. The van der Waals surface area contributed by atoms with Crippen molar-refractivity contribution in [3.05, 3.63) is 102 Å². The fourth-order valence-electron chi connectivity index (χ4n) is 6.40. The van der Waals surface area contributed by atoms with E-state index in [1.165, 1.54) is 11.1 Å². The first-order valence-corrected chi connectivity index (χ1v) is 15.9. The molecule has 0 bridgehead atoms. The maximum absolute atomic E-state index is 14.5. The van der Waals surface area contributed by atoms with Gasteiger partial charge < -0.3 is 19.9 Å². The fraction of sp³-hybridized carbons (Fsp3) is 0.459. The van der Waals surface area contributed by atoms with E-state index in [-0.39, 0.29) is 29.6 Å². The molecule has 3 aliphatic rings. The Morgan fingerprint density at radius 2 is 1.71 bits per heavy atom. The van der Waals surface area contributed by atoms with Crippen LogP contribution >= 0.6 is 0 Å². The van der Waals surface area contributed by atoms with Gasteiger partial charge in [0.25, 0.3) is 0 Å². The van der Waals surface area contributed by atoms with Crippen molar-refractivity contribution >= 4 is 17.7 Å². The predicted molar refractivity (Wildman–Crippen MR) is 179 cm³/mol. The molecule has 3 amide bonds. The zero-order chi connectivity index (χ0) is 33.1. The number of allylic oxidation sites excluding steroid dienone is 3. The quantitative estimate of drug-likeness (QED) is 0.337. The summed E-state index contributed by atoms with van der Waals surface area (Å²) in [6.07, 6.45) is 7.72. The van der Waals surface area contributed by atoms with E-state index in [2.05, 4.69) is 42.2 Å². The second-order valence-electron chi connectivity index (χ2n) is 11.7. The number of benzene rings is 1. The molecule has 1 aromatic heterocycles. The molecule has 1 aliphatic carbocycles. The molecule has 242 valence electrons. The van der Waals surface area contributed by atoms with Gasteiger partial charge in [-0.2, -0.15) is 0 Å². The predicted octanol–water partition coefficient (Wildman–Crippen LogP) is 5.31. The Kier molecular flexibility index (Phi) is 13.3. The first-order valence-electron chi connectivity index (χ1n) is 15.9. The van der Waals surface area contributed by atoms with Gasteiger partial charge in [-0.25, -0.2) is 0 Å². The van der Waals surface area contributed by atoms with E-state index in [4.69, 9.17) is 4.74 Å².